The van der Waals surface area contributed by atoms with Gasteiger partial charge in [0, 0.05) is 5.56 Å². The number of fused-ring (bicyclic) bond motifs is 1. The number of oxime groups is 1. The summed E-state index contributed by atoms with van der Waals surface area (Å²) in [5, 5.41) is 4.06. The van der Waals surface area contributed by atoms with Gasteiger partial charge in [-0.15, -0.1) is 0 Å². The monoisotopic (exact) mass is 380 g/mol. The lowest BCUT2D eigenvalue weighted by Crippen LogP contribution is -2.33. The van der Waals surface area contributed by atoms with Gasteiger partial charge in [-0.3, -0.25) is 9.59 Å². The normalized spacial score (nSPS) is 20.7. The molecule has 4 rings (SSSR count). The summed E-state index contributed by atoms with van der Waals surface area (Å²) in [6, 6.07) is 10.7. The summed E-state index contributed by atoms with van der Waals surface area (Å²) in [6.07, 6.45) is -0.974. The molecule has 1 fully saturated rings. The molecular weight excluding hydrogens is 360 g/mol. The first kappa shape index (κ1) is 18.0. The third kappa shape index (κ3) is 2.54. The van der Waals surface area contributed by atoms with E-state index in [1.54, 1.807) is 31.4 Å². The van der Waals surface area contributed by atoms with Crippen LogP contribution >= 0.6 is 0 Å². The van der Waals surface area contributed by atoms with Gasteiger partial charge in [0.05, 0.1) is 19.9 Å². The highest BCUT2D eigenvalue weighted by atomic mass is 16.7. The Labute approximate surface area is 162 Å². The van der Waals surface area contributed by atoms with Crippen molar-refractivity contribution in [2.24, 2.45) is 11.1 Å². The van der Waals surface area contributed by atoms with Gasteiger partial charge >= 0.3 is 0 Å². The standard InChI is InChI=1S/C21H20N2O5/c1-11-6-5-7-15(12(11)2)23-20(24)17-18(22-28-19(17)21(23)25)14-10-13(26-3)8-9-16(14)27-4/h5-10,17,19H,1-4H3/t17-,19+/m1/s1. The van der Waals surface area contributed by atoms with Crippen molar-refractivity contribution < 1.29 is 23.9 Å². The maximum absolute atomic E-state index is 13.3. The zero-order chi connectivity index (χ0) is 20.0. The van der Waals surface area contributed by atoms with Gasteiger partial charge in [-0.25, -0.2) is 4.90 Å². The second-order valence-electron chi connectivity index (χ2n) is 6.78. The summed E-state index contributed by atoms with van der Waals surface area (Å²) in [4.78, 5) is 32.8. The number of imide groups is 1. The van der Waals surface area contributed by atoms with E-state index in [9.17, 15) is 9.59 Å². The molecule has 0 radical (unpaired) electrons. The maximum Gasteiger partial charge on any atom is 0.278 e. The van der Waals surface area contributed by atoms with Crippen LogP contribution in [0.15, 0.2) is 41.6 Å². The molecule has 28 heavy (non-hydrogen) atoms. The second kappa shape index (κ2) is 6.67. The molecule has 0 unspecified atom stereocenters. The molecule has 2 heterocycles. The summed E-state index contributed by atoms with van der Waals surface area (Å²) in [5.41, 5.74) is 3.39. The van der Waals surface area contributed by atoms with Crippen LogP contribution in [0.3, 0.4) is 0 Å². The molecule has 2 atom stereocenters. The van der Waals surface area contributed by atoms with Crippen LogP contribution in [0.25, 0.3) is 0 Å². The smallest absolute Gasteiger partial charge is 0.278 e. The summed E-state index contributed by atoms with van der Waals surface area (Å²) < 4.78 is 10.7. The molecule has 0 N–H and O–H groups in total. The fourth-order valence-corrected chi connectivity index (χ4v) is 3.63. The average Bonchev–Trinajstić information content (AvgIpc) is 3.24. The molecule has 0 aromatic heterocycles. The number of amides is 2. The summed E-state index contributed by atoms with van der Waals surface area (Å²) in [7, 11) is 3.08. The van der Waals surface area contributed by atoms with Crippen molar-refractivity contribution in [1.82, 2.24) is 0 Å². The van der Waals surface area contributed by atoms with Crippen molar-refractivity contribution in [1.29, 1.82) is 0 Å². The highest BCUT2D eigenvalue weighted by Crippen LogP contribution is 2.39. The van der Waals surface area contributed by atoms with E-state index in [0.29, 0.717) is 28.5 Å². The molecule has 0 saturated carbocycles. The lowest BCUT2D eigenvalue weighted by Gasteiger charge is -2.19. The number of methoxy groups -OCH3 is 2. The van der Waals surface area contributed by atoms with Gasteiger partial charge in [0.15, 0.2) is 0 Å². The van der Waals surface area contributed by atoms with E-state index < -0.39 is 17.9 Å². The van der Waals surface area contributed by atoms with Crippen molar-refractivity contribution in [2.75, 3.05) is 19.1 Å². The Balaban J connectivity index is 1.77. The quantitative estimate of drug-likeness (QED) is 0.762. The molecule has 1 saturated heterocycles. The van der Waals surface area contributed by atoms with Crippen molar-refractivity contribution in [3.63, 3.8) is 0 Å². The van der Waals surface area contributed by atoms with Crippen LogP contribution in [-0.4, -0.2) is 37.8 Å². The molecular formula is C21H20N2O5. The molecule has 7 heteroatoms. The van der Waals surface area contributed by atoms with E-state index in [0.717, 1.165) is 11.1 Å². The lowest BCUT2D eigenvalue weighted by molar-refractivity contribution is -0.126. The van der Waals surface area contributed by atoms with E-state index in [2.05, 4.69) is 5.16 Å². The van der Waals surface area contributed by atoms with Crippen LogP contribution < -0.4 is 14.4 Å². The Kier molecular flexibility index (Phi) is 4.30. The summed E-state index contributed by atoms with van der Waals surface area (Å²) in [6.45, 7) is 3.83. The van der Waals surface area contributed by atoms with Crippen LogP contribution in [0, 0.1) is 19.8 Å². The predicted octanol–water partition coefficient (Wildman–Crippen LogP) is 2.61. The molecule has 2 aromatic rings. The number of hydrogen-bond acceptors (Lipinski definition) is 6. The third-order valence-corrected chi connectivity index (χ3v) is 5.31. The van der Waals surface area contributed by atoms with E-state index >= 15 is 0 Å². The molecule has 2 amide bonds. The first-order valence-corrected chi connectivity index (χ1v) is 8.88. The Morgan fingerprint density at radius 2 is 1.82 bits per heavy atom. The van der Waals surface area contributed by atoms with Crippen LogP contribution in [-0.2, 0) is 14.4 Å². The first-order valence-electron chi connectivity index (χ1n) is 8.88. The zero-order valence-electron chi connectivity index (χ0n) is 16.1. The fraction of sp³-hybridized carbons (Fsp3) is 0.286. The number of rotatable bonds is 4. The highest BCUT2D eigenvalue weighted by Gasteiger charge is 2.56. The first-order chi connectivity index (χ1) is 13.5. The van der Waals surface area contributed by atoms with Crippen LogP contribution in [0.1, 0.15) is 16.7 Å². The number of benzene rings is 2. The van der Waals surface area contributed by atoms with Crippen LogP contribution in [0.4, 0.5) is 5.69 Å². The Morgan fingerprint density at radius 3 is 2.54 bits per heavy atom. The SMILES string of the molecule is COc1ccc(OC)c(C2=NO[C@@H]3C(=O)N(c4cccc(C)c4C)C(=O)[C@H]23)c1. The van der Waals surface area contributed by atoms with E-state index in [-0.39, 0.29) is 5.91 Å². The Bertz CT molecular complexity index is 1010. The Morgan fingerprint density at radius 1 is 1.04 bits per heavy atom. The number of ether oxygens (including phenoxy) is 2. The number of carbonyl (C=O) groups excluding carboxylic acids is 2. The van der Waals surface area contributed by atoms with E-state index in [4.69, 9.17) is 14.3 Å². The Hall–Kier alpha value is -3.35. The summed E-state index contributed by atoms with van der Waals surface area (Å²) >= 11 is 0. The largest absolute Gasteiger partial charge is 0.497 e. The molecule has 7 nitrogen and oxygen atoms in total. The van der Waals surface area contributed by atoms with Crippen molar-refractivity contribution in [2.45, 2.75) is 20.0 Å². The summed E-state index contributed by atoms with van der Waals surface area (Å²) in [5.74, 6) is -0.484. The lowest BCUT2D eigenvalue weighted by atomic mass is 9.93. The zero-order valence-corrected chi connectivity index (χ0v) is 16.1. The van der Waals surface area contributed by atoms with E-state index in [1.807, 2.05) is 26.0 Å². The van der Waals surface area contributed by atoms with Gasteiger partial charge in [-0.05, 0) is 49.2 Å². The minimum atomic E-state index is -0.974. The van der Waals surface area contributed by atoms with Crippen LogP contribution in [0.2, 0.25) is 0 Å². The number of hydrogen-bond donors (Lipinski definition) is 0. The fourth-order valence-electron chi connectivity index (χ4n) is 3.63. The highest BCUT2D eigenvalue weighted by molar-refractivity contribution is 6.33. The molecule has 144 valence electrons. The van der Waals surface area contributed by atoms with Gasteiger partial charge < -0.3 is 14.3 Å². The molecule has 2 aliphatic rings. The second-order valence-corrected chi connectivity index (χ2v) is 6.78. The number of nitrogens with zero attached hydrogens (tertiary/aromatic N) is 2. The molecule has 2 aromatic carbocycles. The van der Waals surface area contributed by atoms with Crippen molar-refractivity contribution >= 4 is 23.2 Å². The number of anilines is 1. The maximum atomic E-state index is 13.3. The minimum absolute atomic E-state index is 0.357. The predicted molar refractivity (Wildman–Crippen MR) is 103 cm³/mol. The number of aryl methyl sites for hydroxylation is 1. The van der Waals surface area contributed by atoms with E-state index in [1.165, 1.54) is 12.0 Å². The van der Waals surface area contributed by atoms with Crippen molar-refractivity contribution in [3.05, 3.63) is 53.1 Å². The minimum Gasteiger partial charge on any atom is -0.497 e. The third-order valence-electron chi connectivity index (χ3n) is 5.31. The molecule has 2 aliphatic heterocycles. The van der Waals surface area contributed by atoms with Crippen LogP contribution in [0.5, 0.6) is 11.5 Å². The van der Waals surface area contributed by atoms with Crippen molar-refractivity contribution in [3.8, 4) is 11.5 Å². The van der Waals surface area contributed by atoms with Gasteiger partial charge in [0.25, 0.3) is 5.91 Å². The molecule has 0 aliphatic carbocycles. The molecule has 0 bridgehead atoms. The molecule has 0 spiro atoms. The van der Waals surface area contributed by atoms with Gasteiger partial charge in [0.2, 0.25) is 12.0 Å². The van der Waals surface area contributed by atoms with Gasteiger partial charge in [-0.2, -0.15) is 0 Å². The van der Waals surface area contributed by atoms with Gasteiger partial charge in [-0.1, -0.05) is 17.3 Å². The number of carbonyl (C=O) groups is 2. The van der Waals surface area contributed by atoms with Gasteiger partial charge in [0.1, 0.15) is 23.1 Å². The average molecular weight is 380 g/mol. The topological polar surface area (TPSA) is 77.4 Å².